The lowest BCUT2D eigenvalue weighted by atomic mass is 10.3. The second-order valence-electron chi connectivity index (χ2n) is 4.43. The zero-order valence-corrected chi connectivity index (χ0v) is 12.7. The molecule has 2 heterocycles. The SMILES string of the molecule is CC[C@@H](C)Sc1nnc(-c2cn(C)nc2OC)n1C. The van der Waals surface area contributed by atoms with Crippen molar-refractivity contribution in [2.24, 2.45) is 14.1 Å². The Kier molecular flexibility index (Phi) is 4.14. The van der Waals surface area contributed by atoms with Crippen LogP contribution in [0.3, 0.4) is 0 Å². The van der Waals surface area contributed by atoms with Crippen LogP contribution in [-0.2, 0) is 14.1 Å². The van der Waals surface area contributed by atoms with Gasteiger partial charge in [-0.25, -0.2) is 0 Å². The van der Waals surface area contributed by atoms with Gasteiger partial charge in [0.1, 0.15) is 5.56 Å². The third-order valence-corrected chi connectivity index (χ3v) is 4.25. The third kappa shape index (κ3) is 2.75. The van der Waals surface area contributed by atoms with Crippen molar-refractivity contribution in [1.82, 2.24) is 24.5 Å². The molecule has 0 aliphatic rings. The molecule has 0 aliphatic heterocycles. The first kappa shape index (κ1) is 13.9. The molecule has 0 aliphatic carbocycles. The molecule has 2 aromatic rings. The van der Waals surface area contributed by atoms with E-state index in [-0.39, 0.29) is 0 Å². The third-order valence-electron chi connectivity index (χ3n) is 2.95. The fraction of sp³-hybridized carbons (Fsp3) is 0.583. The van der Waals surface area contributed by atoms with Crippen molar-refractivity contribution in [2.75, 3.05) is 7.11 Å². The van der Waals surface area contributed by atoms with Gasteiger partial charge in [-0.2, -0.15) is 0 Å². The van der Waals surface area contributed by atoms with Crippen molar-refractivity contribution >= 4 is 11.8 Å². The van der Waals surface area contributed by atoms with Gasteiger partial charge in [0, 0.05) is 25.5 Å². The Morgan fingerprint density at radius 2 is 2.11 bits per heavy atom. The molecule has 2 rings (SSSR count). The van der Waals surface area contributed by atoms with E-state index in [1.807, 2.05) is 24.9 Å². The molecule has 0 spiro atoms. The highest BCUT2D eigenvalue weighted by Crippen LogP contribution is 2.30. The summed E-state index contributed by atoms with van der Waals surface area (Å²) < 4.78 is 8.96. The van der Waals surface area contributed by atoms with Gasteiger partial charge in [-0.05, 0) is 6.42 Å². The molecule has 6 nitrogen and oxygen atoms in total. The van der Waals surface area contributed by atoms with Gasteiger partial charge in [-0.3, -0.25) is 4.68 Å². The van der Waals surface area contributed by atoms with Crippen LogP contribution in [0, 0.1) is 0 Å². The standard InChI is InChI=1S/C12H19N5OS/c1-6-8(2)19-12-14-13-10(17(12)4)9-7-16(3)15-11(9)18-5/h7-8H,6H2,1-5H3/t8-/m1/s1. The van der Waals surface area contributed by atoms with Crippen LogP contribution >= 0.6 is 11.8 Å². The quantitative estimate of drug-likeness (QED) is 0.786. The van der Waals surface area contributed by atoms with Crippen LogP contribution < -0.4 is 4.74 Å². The first-order chi connectivity index (χ1) is 9.06. The van der Waals surface area contributed by atoms with Gasteiger partial charge in [0.15, 0.2) is 11.0 Å². The van der Waals surface area contributed by atoms with Crippen LogP contribution in [0.5, 0.6) is 5.88 Å². The van der Waals surface area contributed by atoms with Gasteiger partial charge in [-0.15, -0.1) is 15.3 Å². The van der Waals surface area contributed by atoms with Gasteiger partial charge in [0.05, 0.1) is 7.11 Å². The summed E-state index contributed by atoms with van der Waals surface area (Å²) in [5, 5.41) is 14.2. The molecule has 0 aromatic carbocycles. The molecule has 0 fully saturated rings. The number of aromatic nitrogens is 5. The van der Waals surface area contributed by atoms with Crippen LogP contribution in [0.25, 0.3) is 11.4 Å². The lowest BCUT2D eigenvalue weighted by molar-refractivity contribution is 0.393. The van der Waals surface area contributed by atoms with Crippen molar-refractivity contribution in [3.05, 3.63) is 6.20 Å². The summed E-state index contributed by atoms with van der Waals surface area (Å²) in [6.07, 6.45) is 2.99. The van der Waals surface area contributed by atoms with Crippen LogP contribution in [0.1, 0.15) is 20.3 Å². The van der Waals surface area contributed by atoms with E-state index in [0.717, 1.165) is 23.0 Å². The van der Waals surface area contributed by atoms with E-state index in [2.05, 4.69) is 29.1 Å². The second-order valence-corrected chi connectivity index (χ2v) is 5.83. The molecule has 0 saturated heterocycles. The Balaban J connectivity index is 2.35. The Morgan fingerprint density at radius 1 is 1.37 bits per heavy atom. The smallest absolute Gasteiger partial charge is 0.243 e. The van der Waals surface area contributed by atoms with E-state index < -0.39 is 0 Å². The van der Waals surface area contributed by atoms with Crippen LogP contribution in [0.4, 0.5) is 0 Å². The first-order valence-corrected chi connectivity index (χ1v) is 7.08. The average Bonchev–Trinajstić information content (AvgIpc) is 2.93. The summed E-state index contributed by atoms with van der Waals surface area (Å²) >= 11 is 1.73. The first-order valence-electron chi connectivity index (χ1n) is 6.20. The summed E-state index contributed by atoms with van der Waals surface area (Å²) in [5.74, 6) is 1.34. The van der Waals surface area contributed by atoms with Gasteiger partial charge < -0.3 is 9.30 Å². The number of hydrogen-bond donors (Lipinski definition) is 0. The minimum Gasteiger partial charge on any atom is -0.479 e. The lowest BCUT2D eigenvalue weighted by Crippen LogP contribution is -1.99. The Labute approximate surface area is 117 Å². The van der Waals surface area contributed by atoms with E-state index in [0.29, 0.717) is 11.1 Å². The largest absolute Gasteiger partial charge is 0.479 e. The molecule has 0 amide bonds. The van der Waals surface area contributed by atoms with Gasteiger partial charge in [-0.1, -0.05) is 25.6 Å². The maximum absolute atomic E-state index is 5.27. The monoisotopic (exact) mass is 281 g/mol. The predicted octanol–water partition coefficient (Wildman–Crippen LogP) is 2.11. The summed E-state index contributed by atoms with van der Waals surface area (Å²) in [7, 11) is 5.43. The molecule has 0 N–H and O–H groups in total. The second kappa shape index (κ2) is 5.64. The fourth-order valence-electron chi connectivity index (χ4n) is 1.69. The number of rotatable bonds is 5. The predicted molar refractivity (Wildman–Crippen MR) is 75.4 cm³/mol. The van der Waals surface area contributed by atoms with Crippen molar-refractivity contribution in [2.45, 2.75) is 30.7 Å². The normalized spacial score (nSPS) is 12.7. The van der Waals surface area contributed by atoms with Gasteiger partial charge in [0.25, 0.3) is 0 Å². The number of methoxy groups -OCH3 is 1. The molecule has 0 radical (unpaired) electrons. The van der Waals surface area contributed by atoms with Crippen LogP contribution in [0.15, 0.2) is 11.4 Å². The highest BCUT2D eigenvalue weighted by atomic mass is 32.2. The molecule has 104 valence electrons. The van der Waals surface area contributed by atoms with E-state index >= 15 is 0 Å². The molecular formula is C12H19N5OS. The summed E-state index contributed by atoms with van der Waals surface area (Å²) in [5.41, 5.74) is 0.857. The fourth-order valence-corrected chi connectivity index (χ4v) is 2.55. The van der Waals surface area contributed by atoms with Gasteiger partial charge in [0.2, 0.25) is 5.88 Å². The molecule has 7 heteroatoms. The summed E-state index contributed by atoms with van der Waals surface area (Å²) in [6, 6.07) is 0. The van der Waals surface area contributed by atoms with E-state index in [1.165, 1.54) is 0 Å². The highest BCUT2D eigenvalue weighted by Gasteiger charge is 2.19. The van der Waals surface area contributed by atoms with E-state index in [9.17, 15) is 0 Å². The molecule has 19 heavy (non-hydrogen) atoms. The lowest BCUT2D eigenvalue weighted by Gasteiger charge is -2.07. The average molecular weight is 281 g/mol. The molecule has 0 bridgehead atoms. The topological polar surface area (TPSA) is 57.8 Å². The van der Waals surface area contributed by atoms with Crippen molar-refractivity contribution in [1.29, 1.82) is 0 Å². The Morgan fingerprint density at radius 3 is 2.74 bits per heavy atom. The molecule has 1 atom stereocenters. The molecule has 2 aromatic heterocycles. The maximum Gasteiger partial charge on any atom is 0.243 e. The minimum atomic E-state index is 0.520. The van der Waals surface area contributed by atoms with Gasteiger partial charge >= 0.3 is 0 Å². The van der Waals surface area contributed by atoms with Crippen molar-refractivity contribution < 1.29 is 4.74 Å². The van der Waals surface area contributed by atoms with Crippen molar-refractivity contribution in [3.8, 4) is 17.3 Å². The number of hydrogen-bond acceptors (Lipinski definition) is 5. The molecular weight excluding hydrogens is 262 g/mol. The number of ether oxygens (including phenoxy) is 1. The number of aryl methyl sites for hydroxylation is 1. The Hall–Kier alpha value is -1.50. The minimum absolute atomic E-state index is 0.520. The number of nitrogens with zero attached hydrogens (tertiary/aromatic N) is 5. The zero-order valence-electron chi connectivity index (χ0n) is 11.9. The maximum atomic E-state index is 5.27. The highest BCUT2D eigenvalue weighted by molar-refractivity contribution is 7.99. The summed E-state index contributed by atoms with van der Waals surface area (Å²) in [6.45, 7) is 4.35. The van der Waals surface area contributed by atoms with Crippen LogP contribution in [0.2, 0.25) is 0 Å². The van der Waals surface area contributed by atoms with Crippen LogP contribution in [-0.4, -0.2) is 36.9 Å². The van der Waals surface area contributed by atoms with E-state index in [4.69, 9.17) is 4.74 Å². The summed E-state index contributed by atoms with van der Waals surface area (Å²) in [4.78, 5) is 0. The van der Waals surface area contributed by atoms with E-state index in [1.54, 1.807) is 23.6 Å². The molecule has 0 unspecified atom stereocenters. The Bertz CT molecular complexity index is 562. The number of thioether (sulfide) groups is 1. The van der Waals surface area contributed by atoms with Crippen molar-refractivity contribution in [3.63, 3.8) is 0 Å². The zero-order chi connectivity index (χ0) is 14.0. The molecule has 0 saturated carbocycles.